The molecule has 0 saturated heterocycles. The molecular formula is C18H20FN3. The Morgan fingerprint density at radius 3 is 2.91 bits per heavy atom. The quantitative estimate of drug-likeness (QED) is 0.790. The number of anilines is 1. The van der Waals surface area contributed by atoms with Crippen molar-refractivity contribution in [1.29, 1.82) is 0 Å². The van der Waals surface area contributed by atoms with Crippen molar-refractivity contribution in [3.05, 3.63) is 65.4 Å². The first-order valence-electron chi connectivity index (χ1n) is 7.21. The minimum atomic E-state index is -0.227. The number of halogens is 1. The molecule has 114 valence electrons. The second kappa shape index (κ2) is 7.50. The van der Waals surface area contributed by atoms with Gasteiger partial charge < -0.3 is 5.32 Å². The molecule has 1 unspecified atom stereocenters. The van der Waals surface area contributed by atoms with Gasteiger partial charge in [0.1, 0.15) is 11.6 Å². The van der Waals surface area contributed by atoms with Crippen molar-refractivity contribution in [3.8, 4) is 0 Å². The number of aryl methyl sites for hydroxylation is 1. The van der Waals surface area contributed by atoms with Crippen LogP contribution in [0.1, 0.15) is 18.9 Å². The Bertz CT molecular complexity index is 669. The van der Waals surface area contributed by atoms with Crippen LogP contribution in [0.2, 0.25) is 0 Å². The molecule has 0 spiro atoms. The molecule has 0 aliphatic heterocycles. The Labute approximate surface area is 130 Å². The van der Waals surface area contributed by atoms with E-state index in [1.165, 1.54) is 6.07 Å². The van der Waals surface area contributed by atoms with E-state index in [0.29, 0.717) is 17.3 Å². The average molecular weight is 297 g/mol. The Kier molecular flexibility index (Phi) is 5.42. The van der Waals surface area contributed by atoms with Crippen LogP contribution < -0.4 is 5.32 Å². The Balaban J connectivity index is 2.03. The van der Waals surface area contributed by atoms with Crippen molar-refractivity contribution in [1.82, 2.24) is 0 Å². The lowest BCUT2D eigenvalue weighted by atomic mass is 10.0. The summed E-state index contributed by atoms with van der Waals surface area (Å²) in [5.74, 6) is 0.904. The lowest BCUT2D eigenvalue weighted by Crippen LogP contribution is -1.98. The van der Waals surface area contributed by atoms with Crippen molar-refractivity contribution in [3.63, 3.8) is 0 Å². The van der Waals surface area contributed by atoms with Crippen LogP contribution >= 0.6 is 0 Å². The highest BCUT2D eigenvalue weighted by Crippen LogP contribution is 2.17. The Morgan fingerprint density at radius 2 is 2.27 bits per heavy atom. The molecule has 0 aromatic heterocycles. The zero-order valence-corrected chi connectivity index (χ0v) is 12.9. The summed E-state index contributed by atoms with van der Waals surface area (Å²) in [7, 11) is 0. The standard InChI is InChI=1S/C18H20FN3/c1-13-4-6-15(7-5-13)21-11-10-18(20-3)22-16-8-9-17(19)14(2)12-16/h4,6-13,22H,3,5H2,1-2H3/b18-10+,21-11?. The van der Waals surface area contributed by atoms with Gasteiger partial charge in [0.2, 0.25) is 0 Å². The molecule has 0 fully saturated rings. The van der Waals surface area contributed by atoms with Crippen LogP contribution in [0.4, 0.5) is 10.1 Å². The van der Waals surface area contributed by atoms with Gasteiger partial charge >= 0.3 is 0 Å². The van der Waals surface area contributed by atoms with Crippen molar-refractivity contribution in [2.24, 2.45) is 15.9 Å². The summed E-state index contributed by atoms with van der Waals surface area (Å²) in [6, 6.07) is 4.80. The van der Waals surface area contributed by atoms with Gasteiger partial charge in [0.15, 0.2) is 0 Å². The molecule has 4 heteroatoms. The molecule has 0 amide bonds. The molecule has 1 atom stereocenters. The molecule has 0 bridgehead atoms. The number of rotatable bonds is 5. The lowest BCUT2D eigenvalue weighted by molar-refractivity contribution is 0.619. The average Bonchev–Trinajstić information content (AvgIpc) is 2.51. The van der Waals surface area contributed by atoms with Crippen LogP contribution in [-0.2, 0) is 0 Å². The second-order valence-electron chi connectivity index (χ2n) is 5.28. The highest BCUT2D eigenvalue weighted by Gasteiger charge is 2.02. The zero-order valence-electron chi connectivity index (χ0n) is 12.9. The second-order valence-corrected chi connectivity index (χ2v) is 5.28. The summed E-state index contributed by atoms with van der Waals surface area (Å²) in [5.41, 5.74) is 2.28. The summed E-state index contributed by atoms with van der Waals surface area (Å²) in [5, 5.41) is 3.08. The molecule has 1 aliphatic carbocycles. The molecule has 0 heterocycles. The highest BCUT2D eigenvalue weighted by molar-refractivity contribution is 5.75. The van der Waals surface area contributed by atoms with Crippen LogP contribution in [0.5, 0.6) is 0 Å². The van der Waals surface area contributed by atoms with Gasteiger partial charge in [0, 0.05) is 11.9 Å². The third kappa shape index (κ3) is 4.52. The van der Waals surface area contributed by atoms with Crippen LogP contribution in [0.25, 0.3) is 0 Å². The van der Waals surface area contributed by atoms with E-state index < -0.39 is 0 Å². The SMILES string of the molecule is C=N/C(=C\C=NC1=CCC(C)C=C1)Nc1ccc(F)c(C)c1. The first kappa shape index (κ1) is 15.9. The first-order valence-corrected chi connectivity index (χ1v) is 7.21. The molecular weight excluding hydrogens is 277 g/mol. The maximum absolute atomic E-state index is 13.2. The van der Waals surface area contributed by atoms with E-state index >= 15 is 0 Å². The van der Waals surface area contributed by atoms with Gasteiger partial charge in [0.05, 0.1) is 5.70 Å². The third-order valence-electron chi connectivity index (χ3n) is 3.35. The molecule has 0 radical (unpaired) electrons. The number of hydrogen-bond acceptors (Lipinski definition) is 3. The maximum atomic E-state index is 13.2. The number of nitrogens with one attached hydrogen (secondary N) is 1. The normalized spacial score (nSPS) is 18.4. The predicted molar refractivity (Wildman–Crippen MR) is 91.9 cm³/mol. The van der Waals surface area contributed by atoms with E-state index in [9.17, 15) is 4.39 Å². The van der Waals surface area contributed by atoms with Gasteiger partial charge in [-0.25, -0.2) is 9.38 Å². The van der Waals surface area contributed by atoms with E-state index in [-0.39, 0.29) is 5.82 Å². The molecule has 3 nitrogen and oxygen atoms in total. The van der Waals surface area contributed by atoms with Crippen molar-refractivity contribution in [2.75, 3.05) is 5.32 Å². The predicted octanol–water partition coefficient (Wildman–Crippen LogP) is 4.64. The van der Waals surface area contributed by atoms with Gasteiger partial charge in [-0.15, -0.1) is 0 Å². The van der Waals surface area contributed by atoms with Crippen molar-refractivity contribution < 1.29 is 4.39 Å². The number of hydrogen-bond donors (Lipinski definition) is 1. The van der Waals surface area contributed by atoms with E-state index in [2.05, 4.69) is 41.1 Å². The monoisotopic (exact) mass is 297 g/mol. The van der Waals surface area contributed by atoms with Gasteiger partial charge in [-0.05, 0) is 61.9 Å². The van der Waals surface area contributed by atoms with E-state index in [1.807, 2.05) is 6.08 Å². The minimum Gasteiger partial charge on any atom is -0.340 e. The van der Waals surface area contributed by atoms with Gasteiger partial charge in [-0.1, -0.05) is 19.1 Å². The van der Waals surface area contributed by atoms with E-state index in [0.717, 1.165) is 17.8 Å². The number of nitrogens with zero attached hydrogens (tertiary/aromatic N) is 2. The van der Waals surface area contributed by atoms with Gasteiger partial charge in [0.25, 0.3) is 0 Å². The Morgan fingerprint density at radius 1 is 1.45 bits per heavy atom. The van der Waals surface area contributed by atoms with Gasteiger partial charge in [-0.2, -0.15) is 0 Å². The lowest BCUT2D eigenvalue weighted by Gasteiger charge is -2.08. The van der Waals surface area contributed by atoms with Crippen LogP contribution in [-0.4, -0.2) is 12.9 Å². The first-order chi connectivity index (χ1) is 10.6. The smallest absolute Gasteiger partial charge is 0.131 e. The fourth-order valence-electron chi connectivity index (χ4n) is 2.01. The molecule has 22 heavy (non-hydrogen) atoms. The molecule has 1 aromatic carbocycles. The van der Waals surface area contributed by atoms with Crippen molar-refractivity contribution in [2.45, 2.75) is 20.3 Å². The summed E-state index contributed by atoms with van der Waals surface area (Å²) in [6.07, 6.45) is 10.7. The molecule has 0 saturated carbocycles. The zero-order chi connectivity index (χ0) is 15.9. The summed E-state index contributed by atoms with van der Waals surface area (Å²) < 4.78 is 13.2. The topological polar surface area (TPSA) is 36.8 Å². The summed E-state index contributed by atoms with van der Waals surface area (Å²) >= 11 is 0. The highest BCUT2D eigenvalue weighted by atomic mass is 19.1. The molecule has 1 aromatic rings. The summed E-state index contributed by atoms with van der Waals surface area (Å²) in [4.78, 5) is 8.27. The largest absolute Gasteiger partial charge is 0.340 e. The number of allylic oxidation sites excluding steroid dienone is 4. The van der Waals surface area contributed by atoms with E-state index in [4.69, 9.17) is 0 Å². The van der Waals surface area contributed by atoms with Crippen LogP contribution in [0.3, 0.4) is 0 Å². The number of benzene rings is 1. The molecule has 1 aliphatic rings. The summed E-state index contributed by atoms with van der Waals surface area (Å²) in [6.45, 7) is 7.41. The molecule has 2 rings (SSSR count). The van der Waals surface area contributed by atoms with Crippen LogP contribution in [0.15, 0.2) is 64.0 Å². The fourth-order valence-corrected chi connectivity index (χ4v) is 2.01. The molecule has 1 N–H and O–H groups in total. The van der Waals surface area contributed by atoms with E-state index in [1.54, 1.807) is 31.3 Å². The number of aliphatic imine (C=N–C) groups is 2. The minimum absolute atomic E-state index is 0.227. The van der Waals surface area contributed by atoms with Gasteiger partial charge in [-0.3, -0.25) is 4.99 Å². The fraction of sp³-hybridized carbons (Fsp3) is 0.222. The van der Waals surface area contributed by atoms with Crippen LogP contribution in [0, 0.1) is 18.7 Å². The van der Waals surface area contributed by atoms with Crippen molar-refractivity contribution >= 4 is 18.6 Å². The maximum Gasteiger partial charge on any atom is 0.131 e. The third-order valence-corrected chi connectivity index (χ3v) is 3.35. The Hall–Kier alpha value is -2.49.